The summed E-state index contributed by atoms with van der Waals surface area (Å²) < 4.78 is 45.3. The van der Waals surface area contributed by atoms with Gasteiger partial charge in [-0.1, -0.05) is 29.1 Å². The predicted octanol–water partition coefficient (Wildman–Crippen LogP) is 3.74. The number of thioether (sulfide) groups is 1. The van der Waals surface area contributed by atoms with Crippen molar-refractivity contribution in [2.75, 3.05) is 0 Å². The Kier molecular flexibility index (Phi) is 4.31. The summed E-state index contributed by atoms with van der Waals surface area (Å²) in [4.78, 5) is 4.19. The van der Waals surface area contributed by atoms with Crippen LogP contribution in [0.5, 0.6) is 0 Å². The molecule has 1 aromatic carbocycles. The maximum absolute atomic E-state index is 12.8. The topological polar surface area (TPSA) is 69.6 Å². The lowest BCUT2D eigenvalue weighted by molar-refractivity contribution is -0.137. The van der Waals surface area contributed by atoms with Crippen LogP contribution in [0, 0.1) is 0 Å². The van der Waals surface area contributed by atoms with Crippen LogP contribution < -0.4 is 0 Å². The first-order chi connectivity index (χ1) is 11.3. The van der Waals surface area contributed by atoms with Crippen molar-refractivity contribution in [1.29, 1.82) is 0 Å². The Balaban J connectivity index is 1.82. The highest BCUT2D eigenvalue weighted by Gasteiger charge is 2.31. The van der Waals surface area contributed by atoms with E-state index in [1.54, 1.807) is 17.9 Å². The van der Waals surface area contributed by atoms with Crippen LogP contribution in [0.15, 0.2) is 40.3 Å². The normalized spacial score (nSPS) is 13.2. The van der Waals surface area contributed by atoms with Gasteiger partial charge in [0.05, 0.1) is 10.8 Å². The first kappa shape index (κ1) is 16.5. The molecule has 2 heterocycles. The maximum Gasteiger partial charge on any atom is 0.416 e. The zero-order valence-corrected chi connectivity index (χ0v) is 13.5. The fourth-order valence-electron chi connectivity index (χ4n) is 1.94. The number of hydrogen-bond donors (Lipinski definition) is 0. The first-order valence-corrected chi connectivity index (χ1v) is 7.74. The van der Waals surface area contributed by atoms with Gasteiger partial charge in [-0.3, -0.25) is 0 Å². The molecule has 0 bridgehead atoms. The molecule has 1 atom stereocenters. The average Bonchev–Trinajstić information content (AvgIpc) is 3.16. The second kappa shape index (κ2) is 6.27. The van der Waals surface area contributed by atoms with Crippen molar-refractivity contribution in [2.24, 2.45) is 7.05 Å². The molecule has 0 amide bonds. The number of halogens is 3. The van der Waals surface area contributed by atoms with Crippen molar-refractivity contribution in [3.05, 3.63) is 42.0 Å². The summed E-state index contributed by atoms with van der Waals surface area (Å²) >= 11 is 1.36. The number of aryl methyl sites for hydroxylation is 1. The van der Waals surface area contributed by atoms with Crippen LogP contribution >= 0.6 is 11.8 Å². The van der Waals surface area contributed by atoms with Crippen LogP contribution in [-0.4, -0.2) is 24.9 Å². The summed E-state index contributed by atoms with van der Waals surface area (Å²) in [5.41, 5.74) is -0.511. The number of rotatable bonds is 4. The second-order valence-corrected chi connectivity index (χ2v) is 6.33. The van der Waals surface area contributed by atoms with Crippen molar-refractivity contribution in [2.45, 2.75) is 23.5 Å². The molecule has 0 fully saturated rings. The molecule has 0 N–H and O–H groups in total. The molecule has 126 valence electrons. The monoisotopic (exact) mass is 355 g/mol. The minimum Gasteiger partial charge on any atom is -0.338 e. The molecule has 0 saturated heterocycles. The van der Waals surface area contributed by atoms with Gasteiger partial charge in [0.15, 0.2) is 5.16 Å². The molecule has 10 heteroatoms. The Morgan fingerprint density at radius 3 is 2.75 bits per heavy atom. The molecule has 6 nitrogen and oxygen atoms in total. The van der Waals surface area contributed by atoms with Crippen molar-refractivity contribution < 1.29 is 17.7 Å². The predicted molar refractivity (Wildman–Crippen MR) is 80.0 cm³/mol. The van der Waals surface area contributed by atoms with E-state index < -0.39 is 11.7 Å². The third kappa shape index (κ3) is 3.42. The lowest BCUT2D eigenvalue weighted by Gasteiger charge is -2.06. The molecular weight excluding hydrogens is 343 g/mol. The van der Waals surface area contributed by atoms with E-state index in [0.717, 1.165) is 12.1 Å². The standard InChI is InChI=1S/C14H12F3N5OS/c1-8(24-13-20-18-7-22(13)2)12-19-11(21-23-12)9-4-3-5-10(6-9)14(15,16)17/h3-8H,1-2H3. The zero-order valence-electron chi connectivity index (χ0n) is 12.7. The Hall–Kier alpha value is -2.36. The summed E-state index contributed by atoms with van der Waals surface area (Å²) in [6.45, 7) is 1.84. The fourth-order valence-corrected chi connectivity index (χ4v) is 2.76. The van der Waals surface area contributed by atoms with Crippen LogP contribution in [0.4, 0.5) is 13.2 Å². The van der Waals surface area contributed by atoms with Gasteiger partial charge in [-0.25, -0.2) is 0 Å². The summed E-state index contributed by atoms with van der Waals surface area (Å²) in [6, 6.07) is 4.81. The van der Waals surface area contributed by atoms with Crippen LogP contribution in [0.1, 0.15) is 23.6 Å². The van der Waals surface area contributed by atoms with E-state index in [0.29, 0.717) is 11.0 Å². The summed E-state index contributed by atoms with van der Waals surface area (Å²) in [5.74, 6) is 0.414. The van der Waals surface area contributed by atoms with Gasteiger partial charge in [0.25, 0.3) is 0 Å². The molecule has 3 rings (SSSR count). The Morgan fingerprint density at radius 1 is 1.29 bits per heavy atom. The molecular formula is C14H12F3N5OS. The first-order valence-electron chi connectivity index (χ1n) is 6.86. The SMILES string of the molecule is CC(Sc1nncn1C)c1nc(-c2cccc(C(F)(F)F)c2)no1. The molecule has 0 aliphatic carbocycles. The second-order valence-electron chi connectivity index (χ2n) is 5.02. The van der Waals surface area contributed by atoms with E-state index in [4.69, 9.17) is 4.52 Å². The van der Waals surface area contributed by atoms with Crippen molar-refractivity contribution >= 4 is 11.8 Å². The molecule has 24 heavy (non-hydrogen) atoms. The van der Waals surface area contributed by atoms with Gasteiger partial charge in [-0.2, -0.15) is 18.2 Å². The lowest BCUT2D eigenvalue weighted by Crippen LogP contribution is -2.04. The number of nitrogens with zero attached hydrogens (tertiary/aromatic N) is 5. The van der Waals surface area contributed by atoms with Gasteiger partial charge in [-0.05, 0) is 19.1 Å². The van der Waals surface area contributed by atoms with Gasteiger partial charge in [0, 0.05) is 12.6 Å². The zero-order chi connectivity index (χ0) is 17.3. The molecule has 2 aromatic heterocycles. The van der Waals surface area contributed by atoms with E-state index in [1.165, 1.54) is 23.9 Å². The minimum atomic E-state index is -4.42. The van der Waals surface area contributed by atoms with E-state index in [-0.39, 0.29) is 16.6 Å². The smallest absolute Gasteiger partial charge is 0.338 e. The van der Waals surface area contributed by atoms with E-state index in [9.17, 15) is 13.2 Å². The molecule has 0 aliphatic rings. The quantitative estimate of drug-likeness (QED) is 0.664. The summed E-state index contributed by atoms with van der Waals surface area (Å²) in [6.07, 6.45) is -2.85. The van der Waals surface area contributed by atoms with Crippen molar-refractivity contribution in [3.63, 3.8) is 0 Å². The number of alkyl halides is 3. The average molecular weight is 355 g/mol. The van der Waals surface area contributed by atoms with Gasteiger partial charge in [-0.15, -0.1) is 10.2 Å². The van der Waals surface area contributed by atoms with E-state index in [2.05, 4.69) is 20.3 Å². The van der Waals surface area contributed by atoms with Gasteiger partial charge >= 0.3 is 6.18 Å². The number of aromatic nitrogens is 5. The van der Waals surface area contributed by atoms with Crippen LogP contribution in [0.2, 0.25) is 0 Å². The highest BCUT2D eigenvalue weighted by atomic mass is 32.2. The highest BCUT2D eigenvalue weighted by Crippen LogP contribution is 2.34. The highest BCUT2D eigenvalue weighted by molar-refractivity contribution is 7.99. The van der Waals surface area contributed by atoms with Gasteiger partial charge in [0.2, 0.25) is 11.7 Å². The van der Waals surface area contributed by atoms with Crippen molar-refractivity contribution in [1.82, 2.24) is 24.9 Å². The summed E-state index contributed by atoms with van der Waals surface area (Å²) in [7, 11) is 1.80. The maximum atomic E-state index is 12.8. The van der Waals surface area contributed by atoms with Crippen LogP contribution in [0.25, 0.3) is 11.4 Å². The third-order valence-electron chi connectivity index (χ3n) is 3.19. The van der Waals surface area contributed by atoms with Crippen LogP contribution in [0.3, 0.4) is 0 Å². The molecule has 1 unspecified atom stereocenters. The molecule has 0 aliphatic heterocycles. The third-order valence-corrected chi connectivity index (χ3v) is 4.33. The largest absolute Gasteiger partial charge is 0.416 e. The Bertz CT molecular complexity index is 845. The minimum absolute atomic E-state index is 0.113. The molecule has 0 radical (unpaired) electrons. The molecule has 0 spiro atoms. The number of hydrogen-bond acceptors (Lipinski definition) is 6. The molecule has 0 saturated carbocycles. The Labute approximate surface area is 139 Å². The van der Waals surface area contributed by atoms with Crippen LogP contribution in [-0.2, 0) is 13.2 Å². The number of benzene rings is 1. The van der Waals surface area contributed by atoms with Gasteiger partial charge in [0.1, 0.15) is 6.33 Å². The van der Waals surface area contributed by atoms with E-state index in [1.807, 2.05) is 6.92 Å². The lowest BCUT2D eigenvalue weighted by atomic mass is 10.1. The van der Waals surface area contributed by atoms with E-state index >= 15 is 0 Å². The van der Waals surface area contributed by atoms with Gasteiger partial charge < -0.3 is 9.09 Å². The fraction of sp³-hybridized carbons (Fsp3) is 0.286. The van der Waals surface area contributed by atoms with Crippen molar-refractivity contribution in [3.8, 4) is 11.4 Å². The Morgan fingerprint density at radius 2 is 2.08 bits per heavy atom. The summed E-state index contributed by atoms with van der Waals surface area (Å²) in [5, 5.41) is 11.9. The molecule has 3 aromatic rings.